The van der Waals surface area contributed by atoms with Crippen LogP contribution in [0.5, 0.6) is 17.2 Å². The van der Waals surface area contributed by atoms with E-state index in [9.17, 15) is 0 Å². The molecule has 1 unspecified atom stereocenters. The Morgan fingerprint density at radius 3 is 2.80 bits per heavy atom. The maximum atomic E-state index is 5.88. The van der Waals surface area contributed by atoms with Crippen LogP contribution in [-0.2, 0) is 0 Å². The van der Waals surface area contributed by atoms with Crippen LogP contribution in [0.25, 0.3) is 0 Å². The van der Waals surface area contributed by atoms with E-state index in [2.05, 4.69) is 18.0 Å². The minimum absolute atomic E-state index is 0.444. The van der Waals surface area contributed by atoms with E-state index in [0.717, 1.165) is 30.3 Å². The molecular formula is C16H23NO3. The van der Waals surface area contributed by atoms with Crippen molar-refractivity contribution in [3.63, 3.8) is 0 Å². The zero-order valence-electron chi connectivity index (χ0n) is 12.5. The van der Waals surface area contributed by atoms with Crippen molar-refractivity contribution in [3.05, 3.63) is 17.7 Å². The normalized spacial score (nSPS) is 25.4. The fourth-order valence-electron chi connectivity index (χ4n) is 3.40. The van der Waals surface area contributed by atoms with Crippen LogP contribution in [0.15, 0.2) is 12.1 Å². The molecule has 0 saturated carbocycles. The standard InChI is InChI=1S/C16H23NO3/c1-17-6-4-5-12(17)7-11-10-20-16-14(11)8-13(18-2)9-15(16)19-3/h8-9,11-12H,4-7,10H2,1-3H3/t11?,12-/m1/s1. The van der Waals surface area contributed by atoms with E-state index in [1.54, 1.807) is 14.2 Å². The Labute approximate surface area is 120 Å². The van der Waals surface area contributed by atoms with E-state index in [4.69, 9.17) is 14.2 Å². The Morgan fingerprint density at radius 2 is 2.15 bits per heavy atom. The smallest absolute Gasteiger partial charge is 0.165 e. The molecule has 0 radical (unpaired) electrons. The predicted octanol–water partition coefficient (Wildman–Crippen LogP) is 2.66. The minimum Gasteiger partial charge on any atom is -0.497 e. The molecule has 4 nitrogen and oxygen atoms in total. The maximum absolute atomic E-state index is 5.88. The van der Waals surface area contributed by atoms with E-state index in [0.29, 0.717) is 12.0 Å². The Bertz CT molecular complexity index is 489. The Hall–Kier alpha value is -1.42. The molecule has 0 N–H and O–H groups in total. The van der Waals surface area contributed by atoms with Crippen LogP contribution in [0.4, 0.5) is 0 Å². The molecule has 20 heavy (non-hydrogen) atoms. The SMILES string of the molecule is COc1cc(OC)c2c(c1)C(C[C@H]1CCCN1C)CO2. The number of hydrogen-bond acceptors (Lipinski definition) is 4. The molecule has 0 bridgehead atoms. The molecule has 0 aromatic heterocycles. The first-order valence-electron chi connectivity index (χ1n) is 7.32. The van der Waals surface area contributed by atoms with Crippen molar-refractivity contribution in [2.24, 2.45) is 0 Å². The van der Waals surface area contributed by atoms with Crippen LogP contribution in [-0.4, -0.2) is 45.4 Å². The van der Waals surface area contributed by atoms with Crippen molar-refractivity contribution in [1.82, 2.24) is 4.90 Å². The van der Waals surface area contributed by atoms with Crippen LogP contribution in [0.1, 0.15) is 30.7 Å². The Balaban J connectivity index is 1.85. The van der Waals surface area contributed by atoms with Crippen LogP contribution < -0.4 is 14.2 Å². The van der Waals surface area contributed by atoms with Gasteiger partial charge >= 0.3 is 0 Å². The number of ether oxygens (including phenoxy) is 3. The highest BCUT2D eigenvalue weighted by atomic mass is 16.5. The van der Waals surface area contributed by atoms with Gasteiger partial charge in [0.1, 0.15) is 5.75 Å². The highest BCUT2D eigenvalue weighted by Gasteiger charge is 2.32. The zero-order valence-corrected chi connectivity index (χ0v) is 12.5. The van der Waals surface area contributed by atoms with Gasteiger partial charge in [0.15, 0.2) is 11.5 Å². The summed E-state index contributed by atoms with van der Waals surface area (Å²) in [4.78, 5) is 2.47. The van der Waals surface area contributed by atoms with E-state index in [1.165, 1.54) is 24.9 Å². The van der Waals surface area contributed by atoms with Crippen LogP contribution in [0.3, 0.4) is 0 Å². The molecule has 2 aliphatic heterocycles. The predicted molar refractivity (Wildman–Crippen MR) is 78.1 cm³/mol. The first-order chi connectivity index (χ1) is 9.72. The second-order valence-corrected chi connectivity index (χ2v) is 5.77. The molecule has 2 aliphatic rings. The molecule has 2 atom stereocenters. The number of methoxy groups -OCH3 is 2. The molecule has 110 valence electrons. The Morgan fingerprint density at radius 1 is 1.30 bits per heavy atom. The van der Waals surface area contributed by atoms with Crippen LogP contribution in [0, 0.1) is 0 Å². The van der Waals surface area contributed by atoms with Gasteiger partial charge in [-0.3, -0.25) is 0 Å². The summed E-state index contributed by atoms with van der Waals surface area (Å²) in [5.41, 5.74) is 1.24. The van der Waals surface area contributed by atoms with Crippen molar-refractivity contribution >= 4 is 0 Å². The fourth-order valence-corrected chi connectivity index (χ4v) is 3.40. The third-order valence-electron chi connectivity index (χ3n) is 4.61. The third kappa shape index (κ3) is 2.33. The summed E-state index contributed by atoms with van der Waals surface area (Å²) >= 11 is 0. The largest absolute Gasteiger partial charge is 0.497 e. The first-order valence-corrected chi connectivity index (χ1v) is 7.32. The molecular weight excluding hydrogens is 254 g/mol. The summed E-state index contributed by atoms with van der Waals surface area (Å²) < 4.78 is 16.7. The lowest BCUT2D eigenvalue weighted by Crippen LogP contribution is -2.27. The van der Waals surface area contributed by atoms with Gasteiger partial charge in [0, 0.05) is 23.6 Å². The topological polar surface area (TPSA) is 30.9 Å². The quantitative estimate of drug-likeness (QED) is 0.846. The number of fused-ring (bicyclic) bond motifs is 1. The van der Waals surface area contributed by atoms with Gasteiger partial charge in [-0.1, -0.05) is 0 Å². The number of rotatable bonds is 4. The molecule has 2 heterocycles. The van der Waals surface area contributed by atoms with Gasteiger partial charge in [0.25, 0.3) is 0 Å². The maximum Gasteiger partial charge on any atom is 0.165 e. The number of nitrogens with zero attached hydrogens (tertiary/aromatic N) is 1. The zero-order chi connectivity index (χ0) is 14.1. The molecule has 0 aliphatic carbocycles. The molecule has 0 spiro atoms. The second-order valence-electron chi connectivity index (χ2n) is 5.77. The van der Waals surface area contributed by atoms with E-state index in [1.807, 2.05) is 6.07 Å². The number of benzene rings is 1. The summed E-state index contributed by atoms with van der Waals surface area (Å²) in [6.07, 6.45) is 3.76. The van der Waals surface area contributed by atoms with Gasteiger partial charge in [-0.05, 0) is 38.9 Å². The van der Waals surface area contributed by atoms with Gasteiger partial charge in [0.05, 0.1) is 20.8 Å². The van der Waals surface area contributed by atoms with E-state index >= 15 is 0 Å². The van der Waals surface area contributed by atoms with Gasteiger partial charge < -0.3 is 19.1 Å². The highest BCUT2D eigenvalue weighted by Crippen LogP contribution is 2.46. The van der Waals surface area contributed by atoms with Crippen LogP contribution in [0.2, 0.25) is 0 Å². The first kappa shape index (κ1) is 13.6. The molecule has 4 heteroatoms. The van der Waals surface area contributed by atoms with Crippen molar-refractivity contribution in [2.45, 2.75) is 31.2 Å². The monoisotopic (exact) mass is 277 g/mol. The average molecular weight is 277 g/mol. The van der Waals surface area contributed by atoms with Crippen LogP contribution >= 0.6 is 0 Å². The number of likely N-dealkylation sites (tertiary alicyclic amines) is 1. The lowest BCUT2D eigenvalue weighted by Gasteiger charge is -2.22. The summed E-state index contributed by atoms with van der Waals surface area (Å²) in [5.74, 6) is 2.97. The van der Waals surface area contributed by atoms with E-state index in [-0.39, 0.29) is 0 Å². The number of hydrogen-bond donors (Lipinski definition) is 0. The summed E-state index contributed by atoms with van der Waals surface area (Å²) in [6.45, 7) is 1.97. The van der Waals surface area contributed by atoms with Gasteiger partial charge in [-0.15, -0.1) is 0 Å². The average Bonchev–Trinajstić information content (AvgIpc) is 3.06. The summed E-state index contributed by atoms with van der Waals surface area (Å²) in [6, 6.07) is 4.67. The Kier molecular flexibility index (Phi) is 3.74. The van der Waals surface area contributed by atoms with Crippen molar-refractivity contribution in [1.29, 1.82) is 0 Å². The highest BCUT2D eigenvalue weighted by molar-refractivity contribution is 5.55. The summed E-state index contributed by atoms with van der Waals surface area (Å²) in [7, 11) is 5.59. The molecule has 1 saturated heterocycles. The van der Waals surface area contributed by atoms with Crippen molar-refractivity contribution in [2.75, 3.05) is 34.4 Å². The van der Waals surface area contributed by atoms with Gasteiger partial charge in [-0.25, -0.2) is 0 Å². The molecule has 1 aromatic rings. The lowest BCUT2D eigenvalue weighted by atomic mass is 9.92. The van der Waals surface area contributed by atoms with Gasteiger partial charge in [0.2, 0.25) is 0 Å². The third-order valence-corrected chi connectivity index (χ3v) is 4.61. The van der Waals surface area contributed by atoms with Crippen molar-refractivity contribution < 1.29 is 14.2 Å². The lowest BCUT2D eigenvalue weighted by molar-refractivity contribution is 0.254. The molecule has 0 amide bonds. The molecule has 1 fully saturated rings. The minimum atomic E-state index is 0.444. The molecule has 1 aromatic carbocycles. The van der Waals surface area contributed by atoms with Gasteiger partial charge in [-0.2, -0.15) is 0 Å². The molecule has 3 rings (SSSR count). The summed E-state index contributed by atoms with van der Waals surface area (Å²) in [5, 5.41) is 0. The van der Waals surface area contributed by atoms with Crippen molar-refractivity contribution in [3.8, 4) is 17.2 Å². The fraction of sp³-hybridized carbons (Fsp3) is 0.625. The van der Waals surface area contributed by atoms with E-state index < -0.39 is 0 Å². The second kappa shape index (κ2) is 5.52.